The number of aryl methyl sites for hydroxylation is 1. The van der Waals surface area contributed by atoms with Crippen LogP contribution in [0.4, 0.5) is 5.69 Å². The number of methoxy groups -OCH3 is 1. The first kappa shape index (κ1) is 20.4. The summed E-state index contributed by atoms with van der Waals surface area (Å²) in [4.78, 5) is 26.8. The number of aliphatic hydroxyl groups excluding tert-OH is 1. The van der Waals surface area contributed by atoms with Crippen LogP contribution in [0.15, 0.2) is 96.3 Å². The molecule has 0 saturated heterocycles. The van der Waals surface area contributed by atoms with E-state index in [2.05, 4.69) is 0 Å². The number of rotatable bonds is 6. The van der Waals surface area contributed by atoms with Gasteiger partial charge >= 0.3 is 5.97 Å². The van der Waals surface area contributed by atoms with Crippen molar-refractivity contribution < 1.29 is 19.4 Å². The molecule has 156 valence electrons. The minimum absolute atomic E-state index is 0.228. The van der Waals surface area contributed by atoms with Crippen molar-refractivity contribution in [1.82, 2.24) is 0 Å². The summed E-state index contributed by atoms with van der Waals surface area (Å²) in [6.45, 7) is 0. The standard InChI is InChI=1S/C26H23NO4/c1-31-26(30)21-15-9-8-10-18(21)16-17-22-23(19-11-4-2-5-12-19)27(25(29)24(22)28)20-13-6-3-7-14-20/h2-15,23,28H,16-17H2,1H3. The summed E-state index contributed by atoms with van der Waals surface area (Å²) >= 11 is 0. The highest BCUT2D eigenvalue weighted by Gasteiger charge is 2.40. The zero-order chi connectivity index (χ0) is 21.8. The summed E-state index contributed by atoms with van der Waals surface area (Å²) in [5.74, 6) is -1.05. The van der Waals surface area contributed by atoms with Crippen molar-refractivity contribution in [3.63, 3.8) is 0 Å². The van der Waals surface area contributed by atoms with E-state index in [0.29, 0.717) is 24.0 Å². The number of benzene rings is 3. The normalized spacial score (nSPS) is 16.0. The van der Waals surface area contributed by atoms with Crippen LogP contribution in [0.5, 0.6) is 0 Å². The van der Waals surface area contributed by atoms with Gasteiger partial charge in [0.05, 0.1) is 18.7 Å². The zero-order valence-corrected chi connectivity index (χ0v) is 17.2. The Bertz CT molecular complexity index is 1120. The molecule has 31 heavy (non-hydrogen) atoms. The molecule has 0 radical (unpaired) electrons. The molecule has 1 amide bonds. The second kappa shape index (κ2) is 8.88. The van der Waals surface area contributed by atoms with Gasteiger partial charge in [-0.15, -0.1) is 0 Å². The summed E-state index contributed by atoms with van der Waals surface area (Å²) in [7, 11) is 1.35. The number of ether oxygens (including phenoxy) is 1. The number of carbonyl (C=O) groups excluding carboxylic acids is 2. The maximum Gasteiger partial charge on any atom is 0.338 e. The fraction of sp³-hybridized carbons (Fsp3) is 0.154. The third-order valence-electron chi connectivity index (χ3n) is 5.55. The van der Waals surface area contributed by atoms with Crippen LogP contribution in [-0.2, 0) is 16.0 Å². The van der Waals surface area contributed by atoms with Gasteiger partial charge in [-0.1, -0.05) is 66.7 Å². The monoisotopic (exact) mass is 413 g/mol. The van der Waals surface area contributed by atoms with Crippen molar-refractivity contribution in [3.8, 4) is 0 Å². The lowest BCUT2D eigenvalue weighted by molar-refractivity contribution is -0.117. The van der Waals surface area contributed by atoms with Gasteiger partial charge < -0.3 is 9.84 Å². The number of para-hydroxylation sites is 1. The highest BCUT2D eigenvalue weighted by molar-refractivity contribution is 6.08. The average molecular weight is 413 g/mol. The smallest absolute Gasteiger partial charge is 0.338 e. The fourth-order valence-corrected chi connectivity index (χ4v) is 4.07. The van der Waals surface area contributed by atoms with E-state index in [4.69, 9.17) is 4.74 Å². The molecule has 1 unspecified atom stereocenters. The van der Waals surface area contributed by atoms with Gasteiger partial charge in [0.15, 0.2) is 5.76 Å². The fourth-order valence-electron chi connectivity index (χ4n) is 4.07. The summed E-state index contributed by atoms with van der Waals surface area (Å²) < 4.78 is 4.89. The predicted molar refractivity (Wildman–Crippen MR) is 119 cm³/mol. The molecule has 4 rings (SSSR count). The van der Waals surface area contributed by atoms with Crippen LogP contribution in [0.1, 0.15) is 33.9 Å². The Hall–Kier alpha value is -3.86. The summed E-state index contributed by atoms with van der Waals surface area (Å²) in [6.07, 6.45) is 0.915. The van der Waals surface area contributed by atoms with E-state index in [0.717, 1.165) is 16.8 Å². The quantitative estimate of drug-likeness (QED) is 0.577. The van der Waals surface area contributed by atoms with E-state index in [-0.39, 0.29) is 5.76 Å². The number of hydrogen-bond acceptors (Lipinski definition) is 4. The molecule has 0 aromatic heterocycles. The molecule has 1 atom stereocenters. The molecule has 1 N–H and O–H groups in total. The Morgan fingerprint density at radius 2 is 1.52 bits per heavy atom. The minimum Gasteiger partial charge on any atom is -0.503 e. The van der Waals surface area contributed by atoms with Crippen LogP contribution in [-0.4, -0.2) is 24.1 Å². The molecule has 5 nitrogen and oxygen atoms in total. The van der Waals surface area contributed by atoms with Crippen LogP contribution < -0.4 is 4.90 Å². The Labute approximate surface area is 181 Å². The van der Waals surface area contributed by atoms with Crippen molar-refractivity contribution in [3.05, 3.63) is 113 Å². The Balaban J connectivity index is 1.71. The lowest BCUT2D eigenvalue weighted by Crippen LogP contribution is -2.30. The van der Waals surface area contributed by atoms with Gasteiger partial charge in [-0.3, -0.25) is 9.69 Å². The van der Waals surface area contributed by atoms with Crippen LogP contribution in [0, 0.1) is 0 Å². The third kappa shape index (κ3) is 3.94. The molecular weight excluding hydrogens is 390 g/mol. The average Bonchev–Trinajstić information content (AvgIpc) is 3.08. The number of amides is 1. The van der Waals surface area contributed by atoms with Crippen molar-refractivity contribution in [2.24, 2.45) is 0 Å². The van der Waals surface area contributed by atoms with Crippen molar-refractivity contribution >= 4 is 17.6 Å². The summed E-state index contributed by atoms with van der Waals surface area (Å²) in [6, 6.07) is 25.8. The molecule has 0 bridgehead atoms. The first-order valence-corrected chi connectivity index (χ1v) is 10.1. The number of carbonyl (C=O) groups is 2. The molecule has 1 heterocycles. The molecule has 1 aliphatic heterocycles. The molecule has 0 fully saturated rings. The van der Waals surface area contributed by atoms with Gasteiger partial charge in [0.1, 0.15) is 0 Å². The van der Waals surface area contributed by atoms with E-state index in [9.17, 15) is 14.7 Å². The second-order valence-electron chi connectivity index (χ2n) is 7.35. The predicted octanol–water partition coefficient (Wildman–Crippen LogP) is 5.01. The second-order valence-corrected chi connectivity index (χ2v) is 7.35. The van der Waals surface area contributed by atoms with Gasteiger partial charge in [-0.05, 0) is 42.2 Å². The van der Waals surface area contributed by atoms with E-state index in [1.54, 1.807) is 17.0 Å². The van der Waals surface area contributed by atoms with Crippen molar-refractivity contribution in [2.75, 3.05) is 12.0 Å². The zero-order valence-electron chi connectivity index (χ0n) is 17.2. The first-order chi connectivity index (χ1) is 15.1. The van der Waals surface area contributed by atoms with Gasteiger partial charge in [0.2, 0.25) is 0 Å². The third-order valence-corrected chi connectivity index (χ3v) is 5.55. The molecule has 3 aromatic rings. The number of esters is 1. The van der Waals surface area contributed by atoms with Crippen molar-refractivity contribution in [2.45, 2.75) is 18.9 Å². The maximum absolute atomic E-state index is 13.1. The Morgan fingerprint density at radius 3 is 2.19 bits per heavy atom. The van der Waals surface area contributed by atoms with Gasteiger partial charge in [0.25, 0.3) is 5.91 Å². The first-order valence-electron chi connectivity index (χ1n) is 10.1. The number of nitrogens with zero attached hydrogens (tertiary/aromatic N) is 1. The van der Waals surface area contributed by atoms with E-state index >= 15 is 0 Å². The summed E-state index contributed by atoms with van der Waals surface area (Å²) in [5.41, 5.74) is 3.58. The number of anilines is 1. The Kier molecular flexibility index (Phi) is 5.85. The van der Waals surface area contributed by atoms with Crippen LogP contribution in [0.25, 0.3) is 0 Å². The molecule has 5 heteroatoms. The van der Waals surface area contributed by atoms with E-state index < -0.39 is 17.9 Å². The van der Waals surface area contributed by atoms with Gasteiger partial charge in [-0.25, -0.2) is 4.79 Å². The molecule has 0 saturated carbocycles. The molecule has 0 aliphatic carbocycles. The van der Waals surface area contributed by atoms with Crippen LogP contribution in [0.2, 0.25) is 0 Å². The maximum atomic E-state index is 13.1. The molecular formula is C26H23NO4. The molecule has 0 spiro atoms. The SMILES string of the molecule is COC(=O)c1ccccc1CCC1=C(O)C(=O)N(c2ccccc2)C1c1ccccc1. The summed E-state index contributed by atoms with van der Waals surface area (Å²) in [5, 5.41) is 10.8. The van der Waals surface area contributed by atoms with Crippen LogP contribution in [0.3, 0.4) is 0 Å². The van der Waals surface area contributed by atoms with Gasteiger partial charge in [0, 0.05) is 11.3 Å². The lowest BCUT2D eigenvalue weighted by atomic mass is 9.92. The highest BCUT2D eigenvalue weighted by atomic mass is 16.5. The lowest BCUT2D eigenvalue weighted by Gasteiger charge is -2.27. The van der Waals surface area contributed by atoms with Crippen molar-refractivity contribution in [1.29, 1.82) is 0 Å². The topological polar surface area (TPSA) is 66.8 Å². The largest absolute Gasteiger partial charge is 0.503 e. The van der Waals surface area contributed by atoms with E-state index in [1.165, 1.54) is 7.11 Å². The molecule has 1 aliphatic rings. The minimum atomic E-state index is -0.420. The van der Waals surface area contributed by atoms with E-state index in [1.807, 2.05) is 72.8 Å². The van der Waals surface area contributed by atoms with Gasteiger partial charge in [-0.2, -0.15) is 0 Å². The number of hydrogen-bond donors (Lipinski definition) is 1. The van der Waals surface area contributed by atoms with Crippen LogP contribution >= 0.6 is 0 Å². The number of aliphatic hydroxyl groups is 1. The highest BCUT2D eigenvalue weighted by Crippen LogP contribution is 2.42. The Morgan fingerprint density at radius 1 is 0.903 bits per heavy atom. The molecule has 3 aromatic carbocycles.